The number of benzene rings is 2. The van der Waals surface area contributed by atoms with Crippen LogP contribution in [0.15, 0.2) is 54.6 Å². The first kappa shape index (κ1) is 19.2. The first-order chi connectivity index (χ1) is 13.3. The van der Waals surface area contributed by atoms with E-state index in [1.54, 1.807) is 75.4 Å². The predicted octanol–water partition coefficient (Wildman–Crippen LogP) is 2.97. The van der Waals surface area contributed by atoms with Crippen LogP contribution in [0, 0.1) is 5.41 Å². The molecule has 1 unspecified atom stereocenters. The Bertz CT molecular complexity index is 975. The fraction of sp³-hybridized carbons (Fsp3) is 0.250. The summed E-state index contributed by atoms with van der Waals surface area (Å²) in [6, 6.07) is 14.3. The lowest BCUT2D eigenvalue weighted by molar-refractivity contribution is -0.143. The first-order valence-corrected chi connectivity index (χ1v) is 8.65. The number of aliphatic carboxylic acids is 1. The van der Waals surface area contributed by atoms with Crippen LogP contribution in [0.5, 0.6) is 5.75 Å². The number of nitrogens with zero attached hydrogens (tertiary/aromatic N) is 4. The zero-order valence-corrected chi connectivity index (χ0v) is 15.7. The van der Waals surface area contributed by atoms with E-state index in [0.29, 0.717) is 16.9 Å². The molecule has 0 saturated heterocycles. The molecule has 3 aromatic rings. The van der Waals surface area contributed by atoms with Crippen molar-refractivity contribution in [3.05, 3.63) is 60.2 Å². The minimum atomic E-state index is -1.08. The summed E-state index contributed by atoms with van der Waals surface area (Å²) in [5.41, 5.74) is 0.564. The van der Waals surface area contributed by atoms with E-state index in [2.05, 4.69) is 15.4 Å². The van der Waals surface area contributed by atoms with Gasteiger partial charge in [0, 0.05) is 5.56 Å². The lowest BCUT2D eigenvalue weighted by Crippen LogP contribution is -2.25. The molecule has 1 N–H and O–H groups in total. The quantitative estimate of drug-likeness (QED) is 0.535. The van der Waals surface area contributed by atoms with Gasteiger partial charge in [-0.3, -0.25) is 4.79 Å². The van der Waals surface area contributed by atoms with Gasteiger partial charge in [0.1, 0.15) is 5.75 Å². The average Bonchev–Trinajstić information content (AvgIpc) is 3.12. The van der Waals surface area contributed by atoms with Gasteiger partial charge in [-0.25, -0.2) is 4.79 Å². The largest absolute Gasteiger partial charge is 0.479 e. The Labute approximate surface area is 161 Å². The Morgan fingerprint density at radius 2 is 1.68 bits per heavy atom. The molecule has 28 heavy (non-hydrogen) atoms. The third-order valence-corrected chi connectivity index (χ3v) is 3.94. The van der Waals surface area contributed by atoms with E-state index in [4.69, 9.17) is 4.74 Å². The van der Waals surface area contributed by atoms with Crippen molar-refractivity contribution in [2.24, 2.45) is 5.41 Å². The van der Waals surface area contributed by atoms with Gasteiger partial charge >= 0.3 is 11.9 Å². The number of ether oxygens (including phenoxy) is 1. The molecule has 2 aromatic carbocycles. The minimum Gasteiger partial charge on any atom is -0.479 e. The van der Waals surface area contributed by atoms with Gasteiger partial charge in [0.2, 0.25) is 5.82 Å². The summed E-state index contributed by atoms with van der Waals surface area (Å²) >= 11 is 0. The number of carboxylic acid groups (broad SMARTS) is 1. The van der Waals surface area contributed by atoms with Crippen LogP contribution in [0.2, 0.25) is 0 Å². The summed E-state index contributed by atoms with van der Waals surface area (Å²) in [5, 5.41) is 21.6. The first-order valence-electron chi connectivity index (χ1n) is 8.65. The van der Waals surface area contributed by atoms with Gasteiger partial charge in [-0.2, -0.15) is 0 Å². The van der Waals surface area contributed by atoms with Gasteiger partial charge < -0.3 is 9.84 Å². The maximum atomic E-state index is 11.9. The molecule has 1 atom stereocenters. The molecule has 0 amide bonds. The fourth-order valence-corrected chi connectivity index (χ4v) is 2.39. The molecule has 0 aliphatic heterocycles. The summed E-state index contributed by atoms with van der Waals surface area (Å²) in [6.07, 6.45) is 0. The number of tetrazole rings is 1. The third-order valence-electron chi connectivity index (χ3n) is 3.94. The Hall–Kier alpha value is -3.55. The highest BCUT2D eigenvalue weighted by Crippen LogP contribution is 2.23. The zero-order valence-electron chi connectivity index (χ0n) is 15.7. The van der Waals surface area contributed by atoms with Crippen LogP contribution in [-0.4, -0.2) is 37.3 Å². The standard InChI is InChI=1S/C20H20N4O4/c1-20(2,3)19(27)28-15-11-9-14(10-12-15)17-21-23-24(22-17)16(18(25)26)13-7-5-4-6-8-13/h4-12,16H,1-3H3,(H,25,26). The maximum absolute atomic E-state index is 11.9. The van der Waals surface area contributed by atoms with Crippen molar-refractivity contribution >= 4 is 11.9 Å². The molecule has 3 rings (SSSR count). The van der Waals surface area contributed by atoms with Gasteiger partial charge in [-0.05, 0) is 55.8 Å². The number of hydrogen-bond acceptors (Lipinski definition) is 6. The molecule has 0 spiro atoms. The Balaban J connectivity index is 1.82. The molecule has 0 saturated carbocycles. The molecule has 0 aliphatic rings. The molecule has 8 nitrogen and oxygen atoms in total. The van der Waals surface area contributed by atoms with Gasteiger partial charge in [0.15, 0.2) is 6.04 Å². The zero-order chi connectivity index (χ0) is 20.3. The molecule has 1 heterocycles. The number of esters is 1. The minimum absolute atomic E-state index is 0.274. The molecule has 0 bridgehead atoms. The van der Waals surface area contributed by atoms with Crippen LogP contribution in [0.1, 0.15) is 32.4 Å². The lowest BCUT2D eigenvalue weighted by Gasteiger charge is -2.16. The van der Waals surface area contributed by atoms with Crippen LogP contribution in [0.3, 0.4) is 0 Å². The van der Waals surface area contributed by atoms with Crippen molar-refractivity contribution in [2.45, 2.75) is 26.8 Å². The third kappa shape index (κ3) is 4.22. The fourth-order valence-electron chi connectivity index (χ4n) is 2.39. The van der Waals surface area contributed by atoms with E-state index in [1.807, 2.05) is 0 Å². The Kier molecular flexibility index (Phi) is 5.21. The molecule has 0 radical (unpaired) electrons. The van der Waals surface area contributed by atoms with Crippen molar-refractivity contribution in [1.29, 1.82) is 0 Å². The number of carbonyl (C=O) groups excluding carboxylic acids is 1. The van der Waals surface area contributed by atoms with Gasteiger partial charge in [0.25, 0.3) is 0 Å². The Morgan fingerprint density at radius 3 is 2.25 bits per heavy atom. The number of carboxylic acids is 1. The van der Waals surface area contributed by atoms with E-state index in [-0.39, 0.29) is 11.8 Å². The smallest absolute Gasteiger partial charge is 0.335 e. The monoisotopic (exact) mass is 380 g/mol. The summed E-state index contributed by atoms with van der Waals surface area (Å²) in [4.78, 5) is 24.7. The van der Waals surface area contributed by atoms with Crippen LogP contribution in [0.25, 0.3) is 11.4 Å². The van der Waals surface area contributed by atoms with Gasteiger partial charge in [-0.15, -0.1) is 15.0 Å². The van der Waals surface area contributed by atoms with Crippen molar-refractivity contribution in [3.63, 3.8) is 0 Å². The number of hydrogen-bond donors (Lipinski definition) is 1. The van der Waals surface area contributed by atoms with Crippen LogP contribution >= 0.6 is 0 Å². The molecular weight excluding hydrogens is 360 g/mol. The normalized spacial score (nSPS) is 12.4. The van der Waals surface area contributed by atoms with E-state index in [1.165, 1.54) is 0 Å². The number of carbonyl (C=O) groups is 2. The van der Waals surface area contributed by atoms with E-state index in [0.717, 1.165) is 4.80 Å². The Morgan fingerprint density at radius 1 is 1.04 bits per heavy atom. The van der Waals surface area contributed by atoms with E-state index in [9.17, 15) is 14.7 Å². The van der Waals surface area contributed by atoms with E-state index < -0.39 is 17.4 Å². The topological polar surface area (TPSA) is 107 Å². The van der Waals surface area contributed by atoms with Crippen molar-refractivity contribution in [3.8, 4) is 17.1 Å². The highest BCUT2D eigenvalue weighted by Gasteiger charge is 2.25. The second-order valence-electron chi connectivity index (χ2n) is 7.25. The molecule has 144 valence electrons. The molecule has 0 fully saturated rings. The van der Waals surface area contributed by atoms with Crippen molar-refractivity contribution < 1.29 is 19.4 Å². The summed E-state index contributed by atoms with van der Waals surface area (Å²) in [7, 11) is 0. The highest BCUT2D eigenvalue weighted by atomic mass is 16.5. The van der Waals surface area contributed by atoms with Crippen molar-refractivity contribution in [1.82, 2.24) is 20.2 Å². The van der Waals surface area contributed by atoms with Crippen LogP contribution in [0.4, 0.5) is 0 Å². The molecule has 8 heteroatoms. The van der Waals surface area contributed by atoms with Crippen LogP contribution < -0.4 is 4.74 Å². The van der Waals surface area contributed by atoms with Crippen LogP contribution in [-0.2, 0) is 9.59 Å². The maximum Gasteiger partial charge on any atom is 0.335 e. The van der Waals surface area contributed by atoms with Gasteiger partial charge in [0.05, 0.1) is 5.41 Å². The number of aromatic nitrogens is 4. The predicted molar refractivity (Wildman–Crippen MR) is 101 cm³/mol. The molecule has 0 aliphatic carbocycles. The summed E-state index contributed by atoms with van der Waals surface area (Å²) < 4.78 is 5.32. The average molecular weight is 380 g/mol. The highest BCUT2D eigenvalue weighted by molar-refractivity contribution is 5.78. The second kappa shape index (κ2) is 7.59. The van der Waals surface area contributed by atoms with Crippen molar-refractivity contribution in [2.75, 3.05) is 0 Å². The summed E-state index contributed by atoms with van der Waals surface area (Å²) in [5.74, 6) is -0.740. The van der Waals surface area contributed by atoms with Gasteiger partial charge in [-0.1, -0.05) is 30.3 Å². The van der Waals surface area contributed by atoms with E-state index >= 15 is 0 Å². The lowest BCUT2D eigenvalue weighted by atomic mass is 9.97. The molecular formula is C20H20N4O4. The molecule has 1 aromatic heterocycles. The number of rotatable bonds is 5. The second-order valence-corrected chi connectivity index (χ2v) is 7.25. The summed E-state index contributed by atoms with van der Waals surface area (Å²) in [6.45, 7) is 5.33. The SMILES string of the molecule is CC(C)(C)C(=O)Oc1ccc(-c2nnn(C(C(=O)O)c3ccccc3)n2)cc1.